The minimum absolute atomic E-state index is 0.0389. The van der Waals surface area contributed by atoms with Gasteiger partial charge < -0.3 is 10.0 Å². The van der Waals surface area contributed by atoms with E-state index in [2.05, 4.69) is 0 Å². The monoisotopic (exact) mass is 317 g/mol. The maximum Gasteiger partial charge on any atom is 0.312 e. The van der Waals surface area contributed by atoms with Crippen molar-refractivity contribution >= 4 is 17.6 Å². The molecule has 0 bridgehead atoms. The van der Waals surface area contributed by atoms with E-state index >= 15 is 0 Å². The van der Waals surface area contributed by atoms with Crippen LogP contribution in [-0.2, 0) is 16.0 Å². The third-order valence-corrected chi connectivity index (χ3v) is 3.91. The quantitative estimate of drug-likeness (QED) is 0.947. The first-order valence-corrected chi connectivity index (χ1v) is 7.03. The van der Waals surface area contributed by atoms with Crippen molar-refractivity contribution in [1.82, 2.24) is 0 Å². The van der Waals surface area contributed by atoms with Gasteiger partial charge in [0.15, 0.2) is 11.6 Å². The number of fused-ring (bicyclic) bond motifs is 1. The fourth-order valence-corrected chi connectivity index (χ4v) is 2.77. The average molecular weight is 317 g/mol. The van der Waals surface area contributed by atoms with E-state index in [4.69, 9.17) is 0 Å². The topological polar surface area (TPSA) is 57.6 Å². The third kappa shape index (κ3) is 2.79. The van der Waals surface area contributed by atoms with Crippen molar-refractivity contribution in [3.63, 3.8) is 0 Å². The molecule has 0 spiro atoms. The van der Waals surface area contributed by atoms with Crippen LogP contribution in [0, 0.1) is 11.6 Å². The Hall–Kier alpha value is -2.76. The molecular formula is C17H13F2NO3. The zero-order valence-corrected chi connectivity index (χ0v) is 12.0. The predicted octanol–water partition coefficient (Wildman–Crippen LogP) is 2.72. The van der Waals surface area contributed by atoms with Gasteiger partial charge in [0.1, 0.15) is 5.92 Å². The first-order valence-electron chi connectivity index (χ1n) is 7.03. The normalized spacial score (nSPS) is 16.3. The fourth-order valence-electron chi connectivity index (χ4n) is 2.77. The average Bonchev–Trinajstić information content (AvgIpc) is 2.91. The maximum atomic E-state index is 13.2. The van der Waals surface area contributed by atoms with Crippen molar-refractivity contribution in [2.75, 3.05) is 11.4 Å². The van der Waals surface area contributed by atoms with Gasteiger partial charge in [0.05, 0.1) is 6.42 Å². The molecule has 2 aromatic carbocycles. The molecule has 1 N–H and O–H groups in total. The summed E-state index contributed by atoms with van der Waals surface area (Å²) in [6, 6.07) is 10.1. The van der Waals surface area contributed by atoms with Crippen LogP contribution in [0.25, 0.3) is 0 Å². The van der Waals surface area contributed by atoms with Gasteiger partial charge in [-0.25, -0.2) is 8.78 Å². The first-order chi connectivity index (χ1) is 11.0. The molecule has 1 heterocycles. The van der Waals surface area contributed by atoms with E-state index in [9.17, 15) is 23.5 Å². The lowest BCUT2D eigenvalue weighted by atomic mass is 10.0. The second kappa shape index (κ2) is 5.79. The second-order valence-electron chi connectivity index (χ2n) is 5.38. The van der Waals surface area contributed by atoms with Crippen molar-refractivity contribution < 1.29 is 23.5 Å². The third-order valence-electron chi connectivity index (χ3n) is 3.91. The Kier molecular flexibility index (Phi) is 3.82. The highest BCUT2D eigenvalue weighted by Crippen LogP contribution is 2.36. The van der Waals surface area contributed by atoms with Crippen molar-refractivity contribution in [3.05, 3.63) is 65.2 Å². The largest absolute Gasteiger partial charge is 0.481 e. The number of para-hydroxylation sites is 1. The van der Waals surface area contributed by atoms with Crippen LogP contribution in [0.15, 0.2) is 42.5 Å². The summed E-state index contributed by atoms with van der Waals surface area (Å²) < 4.78 is 26.2. The van der Waals surface area contributed by atoms with Crippen LogP contribution < -0.4 is 4.90 Å². The van der Waals surface area contributed by atoms with E-state index in [1.54, 1.807) is 24.3 Å². The van der Waals surface area contributed by atoms with E-state index in [0.717, 1.165) is 12.1 Å². The van der Waals surface area contributed by atoms with Crippen LogP contribution in [0.3, 0.4) is 0 Å². The van der Waals surface area contributed by atoms with Crippen molar-refractivity contribution in [2.24, 2.45) is 0 Å². The number of nitrogens with zero attached hydrogens (tertiary/aromatic N) is 1. The highest BCUT2D eigenvalue weighted by molar-refractivity contribution is 5.99. The van der Waals surface area contributed by atoms with Gasteiger partial charge in [-0.2, -0.15) is 0 Å². The summed E-state index contributed by atoms with van der Waals surface area (Å²) in [5.74, 6) is -4.12. The van der Waals surface area contributed by atoms with Crippen molar-refractivity contribution in [3.8, 4) is 0 Å². The molecule has 0 saturated carbocycles. The maximum absolute atomic E-state index is 13.2. The Balaban J connectivity index is 1.85. The number of hydrogen-bond acceptors (Lipinski definition) is 2. The molecule has 0 aliphatic carbocycles. The van der Waals surface area contributed by atoms with E-state index in [-0.39, 0.29) is 18.9 Å². The summed E-state index contributed by atoms with van der Waals surface area (Å²) in [4.78, 5) is 25.2. The number of carboxylic acids is 1. The smallest absolute Gasteiger partial charge is 0.312 e. The van der Waals surface area contributed by atoms with E-state index in [1.807, 2.05) is 0 Å². The van der Waals surface area contributed by atoms with Crippen LogP contribution in [-0.4, -0.2) is 23.5 Å². The Morgan fingerprint density at radius 3 is 2.57 bits per heavy atom. The number of rotatable bonds is 3. The van der Waals surface area contributed by atoms with Gasteiger partial charge in [0, 0.05) is 12.2 Å². The highest BCUT2D eigenvalue weighted by atomic mass is 19.2. The van der Waals surface area contributed by atoms with Gasteiger partial charge in [0.2, 0.25) is 5.91 Å². The van der Waals surface area contributed by atoms with Gasteiger partial charge >= 0.3 is 5.97 Å². The number of carboxylic acid groups (broad SMARTS) is 1. The lowest BCUT2D eigenvalue weighted by Crippen LogP contribution is -2.32. The SMILES string of the molecule is O=C(O)[C@H]1CN(C(=O)Cc2ccc(F)c(F)c2)c2ccccc21. The van der Waals surface area contributed by atoms with E-state index < -0.39 is 23.5 Å². The van der Waals surface area contributed by atoms with Crippen LogP contribution in [0.2, 0.25) is 0 Å². The van der Waals surface area contributed by atoms with Gasteiger partial charge in [-0.15, -0.1) is 0 Å². The molecule has 23 heavy (non-hydrogen) atoms. The van der Waals surface area contributed by atoms with Crippen LogP contribution >= 0.6 is 0 Å². The number of hydrogen-bond donors (Lipinski definition) is 1. The van der Waals surface area contributed by atoms with Crippen LogP contribution in [0.1, 0.15) is 17.0 Å². The molecule has 0 unspecified atom stereocenters. The van der Waals surface area contributed by atoms with Crippen LogP contribution in [0.4, 0.5) is 14.5 Å². The molecule has 0 saturated heterocycles. The van der Waals surface area contributed by atoms with Gasteiger partial charge in [0.25, 0.3) is 0 Å². The van der Waals surface area contributed by atoms with Gasteiger partial charge in [-0.1, -0.05) is 24.3 Å². The molecule has 1 atom stereocenters. The molecule has 1 aliphatic rings. The molecule has 1 amide bonds. The second-order valence-corrected chi connectivity index (χ2v) is 5.38. The molecule has 3 rings (SSSR count). The summed E-state index contributed by atoms with van der Waals surface area (Å²) in [6.45, 7) is 0.0389. The molecule has 0 fully saturated rings. The minimum atomic E-state index is -1.01. The van der Waals surface area contributed by atoms with E-state index in [1.165, 1.54) is 11.0 Å². The van der Waals surface area contributed by atoms with Crippen molar-refractivity contribution in [2.45, 2.75) is 12.3 Å². The zero-order valence-electron chi connectivity index (χ0n) is 12.0. The predicted molar refractivity (Wildman–Crippen MR) is 79.2 cm³/mol. The number of carbonyl (C=O) groups is 2. The summed E-state index contributed by atoms with van der Waals surface area (Å²) in [5.41, 5.74) is 1.47. The molecule has 2 aromatic rings. The molecule has 0 aromatic heterocycles. The molecule has 1 aliphatic heterocycles. The zero-order chi connectivity index (χ0) is 16.6. The van der Waals surface area contributed by atoms with Gasteiger partial charge in [-0.05, 0) is 29.3 Å². The number of halogens is 2. The summed E-state index contributed by atoms with van der Waals surface area (Å²) in [5, 5.41) is 9.29. The number of carbonyl (C=O) groups excluding carboxylic acids is 1. The standard InChI is InChI=1S/C17H13F2NO3/c18-13-6-5-10(7-14(13)19)8-16(21)20-9-12(17(22)23)11-3-1-2-4-15(11)20/h1-7,12H,8-9H2,(H,22,23)/t12-/m0/s1. The number of aliphatic carboxylic acids is 1. The summed E-state index contributed by atoms with van der Waals surface area (Å²) >= 11 is 0. The summed E-state index contributed by atoms with van der Waals surface area (Å²) in [6.07, 6.45) is -0.127. The Morgan fingerprint density at radius 2 is 1.87 bits per heavy atom. The summed E-state index contributed by atoms with van der Waals surface area (Å²) in [7, 11) is 0. The van der Waals surface area contributed by atoms with E-state index in [0.29, 0.717) is 16.8 Å². The number of amides is 1. The first kappa shape index (κ1) is 15.1. The molecule has 0 radical (unpaired) electrons. The lowest BCUT2D eigenvalue weighted by Gasteiger charge is -2.17. The fraction of sp³-hybridized carbons (Fsp3) is 0.176. The highest BCUT2D eigenvalue weighted by Gasteiger charge is 2.36. The van der Waals surface area contributed by atoms with Gasteiger partial charge in [-0.3, -0.25) is 9.59 Å². The number of benzene rings is 2. The molecular weight excluding hydrogens is 304 g/mol. The molecule has 118 valence electrons. The lowest BCUT2D eigenvalue weighted by molar-refractivity contribution is -0.138. The Labute approximate surface area is 131 Å². The molecule has 4 nitrogen and oxygen atoms in total. The Morgan fingerprint density at radius 1 is 1.13 bits per heavy atom. The number of anilines is 1. The van der Waals surface area contributed by atoms with Crippen LogP contribution in [0.5, 0.6) is 0 Å². The molecule has 6 heteroatoms. The minimum Gasteiger partial charge on any atom is -0.481 e. The van der Waals surface area contributed by atoms with Crippen molar-refractivity contribution in [1.29, 1.82) is 0 Å². The Bertz CT molecular complexity index is 791.